The number of hydrogen-bond donors (Lipinski definition) is 4. The van der Waals surface area contributed by atoms with E-state index in [0.717, 1.165) is 0 Å². The molecule has 1 aromatic heterocycles. The Hall–Kier alpha value is -2.08. The molecule has 0 aromatic carbocycles. The number of amides is 1. The number of halogens is 1. The van der Waals surface area contributed by atoms with Gasteiger partial charge in [-0.05, 0) is 6.42 Å². The smallest absolute Gasteiger partial charge is 0.412 e. The van der Waals surface area contributed by atoms with Gasteiger partial charge in [-0.3, -0.25) is 9.88 Å². The van der Waals surface area contributed by atoms with Crippen LogP contribution in [0.2, 0.25) is 0 Å². The number of nitrogens with zero attached hydrogens (tertiary/aromatic N) is 2. The van der Waals surface area contributed by atoms with Gasteiger partial charge in [0.2, 0.25) is 0 Å². The monoisotopic (exact) mass is 347 g/mol. The van der Waals surface area contributed by atoms with E-state index in [0.29, 0.717) is 17.2 Å². The fourth-order valence-electron chi connectivity index (χ4n) is 2.15. The van der Waals surface area contributed by atoms with Crippen molar-refractivity contribution >= 4 is 11.9 Å². The average molecular weight is 347 g/mol. The summed E-state index contributed by atoms with van der Waals surface area (Å²) in [5, 5.41) is 30.5. The molecule has 1 saturated heterocycles. The van der Waals surface area contributed by atoms with E-state index < -0.39 is 54.6 Å². The Kier molecular flexibility index (Phi) is 5.83. The number of nitrogens with one attached hydrogen (secondary N) is 1. The van der Waals surface area contributed by atoms with Crippen molar-refractivity contribution in [1.82, 2.24) is 9.55 Å². The zero-order chi connectivity index (χ0) is 17.9. The molecule has 2 heterocycles. The zero-order valence-electron chi connectivity index (χ0n) is 12.8. The van der Waals surface area contributed by atoms with Crippen molar-refractivity contribution in [2.45, 2.75) is 37.9 Å². The minimum Gasteiger partial charge on any atom is -0.449 e. The lowest BCUT2D eigenvalue weighted by Crippen LogP contribution is -2.36. The molecule has 1 aliphatic rings. The van der Waals surface area contributed by atoms with Gasteiger partial charge in [0.05, 0.1) is 19.4 Å². The highest BCUT2D eigenvalue weighted by Crippen LogP contribution is 2.28. The van der Waals surface area contributed by atoms with Crippen LogP contribution in [-0.2, 0) is 9.47 Å². The average Bonchev–Trinajstić information content (AvgIpc) is 2.84. The SMILES string of the molecule is CCCOC(=O)Nc1nc(=O)n(C2O[C@H](CO)[C@@H](O)[C@H]2O)cc1F. The summed E-state index contributed by atoms with van der Waals surface area (Å²) in [5.41, 5.74) is -1.03. The standard InChI is InChI=1S/C13H18FN3O7/c1-2-3-23-13(22)16-10-6(14)4-17(12(21)15-10)11-9(20)8(19)7(5-18)24-11/h4,7-9,11,18-20H,2-3,5H2,1H3,(H,15,16,21,22)/t7-,8-,9-,11?/m1/s1. The van der Waals surface area contributed by atoms with Crippen LogP contribution in [0.1, 0.15) is 19.6 Å². The zero-order valence-corrected chi connectivity index (χ0v) is 12.8. The molecule has 0 radical (unpaired) electrons. The second-order valence-corrected chi connectivity index (χ2v) is 5.12. The number of ether oxygens (including phenoxy) is 2. The quantitative estimate of drug-likeness (QED) is 0.528. The van der Waals surface area contributed by atoms with E-state index in [1.165, 1.54) is 0 Å². The normalized spacial score (nSPS) is 26.4. The van der Waals surface area contributed by atoms with E-state index in [9.17, 15) is 24.2 Å². The molecule has 4 N–H and O–H groups in total. The Balaban J connectivity index is 2.21. The molecule has 0 spiro atoms. The van der Waals surface area contributed by atoms with E-state index in [-0.39, 0.29) is 6.61 Å². The lowest BCUT2D eigenvalue weighted by atomic mass is 10.1. The van der Waals surface area contributed by atoms with Gasteiger partial charge in [-0.15, -0.1) is 0 Å². The van der Waals surface area contributed by atoms with Crippen LogP contribution in [0.15, 0.2) is 11.0 Å². The molecule has 0 saturated carbocycles. The first kappa shape index (κ1) is 18.3. The molecule has 1 fully saturated rings. The second kappa shape index (κ2) is 7.66. The summed E-state index contributed by atoms with van der Waals surface area (Å²) in [7, 11) is 0. The Morgan fingerprint density at radius 3 is 2.79 bits per heavy atom. The fourth-order valence-corrected chi connectivity index (χ4v) is 2.15. The molecule has 1 amide bonds. The number of carbonyl (C=O) groups is 1. The summed E-state index contributed by atoms with van der Waals surface area (Å²) in [5.74, 6) is -1.70. The highest BCUT2D eigenvalue weighted by molar-refractivity contribution is 5.83. The third-order valence-corrected chi connectivity index (χ3v) is 3.36. The molecule has 0 aliphatic carbocycles. The van der Waals surface area contributed by atoms with Crippen molar-refractivity contribution in [3.8, 4) is 0 Å². The highest BCUT2D eigenvalue weighted by Gasteiger charge is 2.44. The maximum atomic E-state index is 14.0. The number of carbonyl (C=O) groups excluding carboxylic acids is 1. The molecule has 1 unspecified atom stereocenters. The molecule has 134 valence electrons. The molecule has 24 heavy (non-hydrogen) atoms. The maximum absolute atomic E-state index is 14.0. The van der Waals surface area contributed by atoms with Crippen molar-refractivity contribution in [3.63, 3.8) is 0 Å². The van der Waals surface area contributed by atoms with Crippen molar-refractivity contribution in [1.29, 1.82) is 0 Å². The predicted molar refractivity (Wildman–Crippen MR) is 76.7 cm³/mol. The number of anilines is 1. The minimum atomic E-state index is -1.56. The van der Waals surface area contributed by atoms with Crippen LogP contribution in [-0.4, -0.2) is 62.5 Å². The molecular formula is C13H18FN3O7. The molecule has 2 rings (SSSR count). The van der Waals surface area contributed by atoms with Crippen LogP contribution in [0.3, 0.4) is 0 Å². The lowest BCUT2D eigenvalue weighted by Gasteiger charge is -2.17. The van der Waals surface area contributed by atoms with Crippen LogP contribution in [0.5, 0.6) is 0 Å². The van der Waals surface area contributed by atoms with Gasteiger partial charge < -0.3 is 24.8 Å². The number of aliphatic hydroxyl groups is 3. The number of hydrogen-bond acceptors (Lipinski definition) is 8. The number of rotatable bonds is 5. The fraction of sp³-hybridized carbons (Fsp3) is 0.615. The Bertz CT molecular complexity index is 653. The molecule has 1 aromatic rings. The predicted octanol–water partition coefficient (Wildman–Crippen LogP) is -1.05. The van der Waals surface area contributed by atoms with Gasteiger partial charge in [0.1, 0.15) is 18.3 Å². The van der Waals surface area contributed by atoms with Crippen molar-refractivity contribution < 1.29 is 34.0 Å². The van der Waals surface area contributed by atoms with Gasteiger partial charge in [0.25, 0.3) is 0 Å². The van der Waals surface area contributed by atoms with Gasteiger partial charge in [0, 0.05) is 0 Å². The third kappa shape index (κ3) is 3.70. The van der Waals surface area contributed by atoms with Gasteiger partial charge in [-0.1, -0.05) is 6.92 Å². The van der Waals surface area contributed by atoms with Gasteiger partial charge in [-0.25, -0.2) is 14.0 Å². The molecule has 4 atom stereocenters. The number of aliphatic hydroxyl groups excluding tert-OH is 3. The van der Waals surface area contributed by atoms with Crippen LogP contribution < -0.4 is 11.0 Å². The van der Waals surface area contributed by atoms with E-state index in [2.05, 4.69) is 9.72 Å². The van der Waals surface area contributed by atoms with Crippen LogP contribution in [0.4, 0.5) is 15.0 Å². The summed E-state index contributed by atoms with van der Waals surface area (Å²) in [6, 6.07) is 0. The van der Waals surface area contributed by atoms with Gasteiger partial charge >= 0.3 is 11.8 Å². The maximum Gasteiger partial charge on any atom is 0.412 e. The topological polar surface area (TPSA) is 143 Å². The summed E-state index contributed by atoms with van der Waals surface area (Å²) in [4.78, 5) is 26.7. The molecule has 11 heteroatoms. The van der Waals surface area contributed by atoms with E-state index >= 15 is 0 Å². The van der Waals surface area contributed by atoms with E-state index in [4.69, 9.17) is 9.84 Å². The third-order valence-electron chi connectivity index (χ3n) is 3.36. The molecule has 1 aliphatic heterocycles. The highest BCUT2D eigenvalue weighted by atomic mass is 19.1. The Labute approximate surface area is 135 Å². The molecule has 10 nitrogen and oxygen atoms in total. The first-order chi connectivity index (χ1) is 11.4. The van der Waals surface area contributed by atoms with Crippen LogP contribution >= 0.6 is 0 Å². The Morgan fingerprint density at radius 1 is 1.50 bits per heavy atom. The largest absolute Gasteiger partial charge is 0.449 e. The van der Waals surface area contributed by atoms with E-state index in [1.54, 1.807) is 6.92 Å². The molecule has 0 bridgehead atoms. The van der Waals surface area contributed by atoms with E-state index in [1.807, 2.05) is 5.32 Å². The first-order valence-electron chi connectivity index (χ1n) is 7.24. The van der Waals surface area contributed by atoms with Crippen molar-refractivity contribution in [2.24, 2.45) is 0 Å². The summed E-state index contributed by atoms with van der Waals surface area (Å²) in [6.07, 6.45) is -5.28. The summed E-state index contributed by atoms with van der Waals surface area (Å²) in [6.45, 7) is 1.30. The summed E-state index contributed by atoms with van der Waals surface area (Å²) >= 11 is 0. The number of aromatic nitrogens is 2. The second-order valence-electron chi connectivity index (χ2n) is 5.12. The van der Waals surface area contributed by atoms with Gasteiger partial charge in [0.15, 0.2) is 17.9 Å². The van der Waals surface area contributed by atoms with Crippen molar-refractivity contribution in [3.05, 3.63) is 22.5 Å². The first-order valence-corrected chi connectivity index (χ1v) is 7.24. The Morgan fingerprint density at radius 2 is 2.21 bits per heavy atom. The minimum absolute atomic E-state index is 0.118. The van der Waals surface area contributed by atoms with Crippen molar-refractivity contribution in [2.75, 3.05) is 18.5 Å². The molecular weight excluding hydrogens is 329 g/mol. The lowest BCUT2D eigenvalue weighted by molar-refractivity contribution is -0.0553. The van der Waals surface area contributed by atoms with Gasteiger partial charge in [-0.2, -0.15) is 4.98 Å². The van der Waals surface area contributed by atoms with Crippen LogP contribution in [0.25, 0.3) is 0 Å². The summed E-state index contributed by atoms with van der Waals surface area (Å²) < 4.78 is 24.5. The van der Waals surface area contributed by atoms with Crippen LogP contribution in [0, 0.1) is 5.82 Å².